The van der Waals surface area contributed by atoms with Gasteiger partial charge in [-0.2, -0.15) is 19.9 Å². The van der Waals surface area contributed by atoms with Gasteiger partial charge in [-0.05, 0) is 71.4 Å². The Morgan fingerprint density at radius 3 is 1.72 bits per heavy atom. The smallest absolute Gasteiger partial charge is 0.280 e. The van der Waals surface area contributed by atoms with Gasteiger partial charge in [-0.25, -0.2) is 9.97 Å². The van der Waals surface area contributed by atoms with Crippen LogP contribution in [0.4, 0.5) is 0 Å². The average Bonchev–Trinajstić information content (AvgIpc) is 4.12. The zero-order chi connectivity index (χ0) is 42.8. The Morgan fingerprint density at radius 1 is 0.689 bits per heavy atom. The molecule has 8 heterocycles. The second-order valence-corrected chi connectivity index (χ2v) is 15.8. The molecule has 316 valence electrons. The van der Waals surface area contributed by atoms with Crippen molar-refractivity contribution in [3.63, 3.8) is 0 Å². The van der Waals surface area contributed by atoms with E-state index in [1.165, 1.54) is 26.4 Å². The van der Waals surface area contributed by atoms with Crippen LogP contribution >= 0.6 is 58.0 Å². The minimum Gasteiger partial charge on any atom is -0.373 e. The Hall–Kier alpha value is -5.21. The number of nitrogens with zero attached hydrogens (tertiary/aromatic N) is 11. The second kappa shape index (κ2) is 18.4. The van der Waals surface area contributed by atoms with Crippen LogP contribution in [0.25, 0.3) is 22.3 Å². The molecule has 2 aliphatic heterocycles. The number of benzene rings is 2. The second-order valence-electron chi connectivity index (χ2n) is 14.0. The highest BCUT2D eigenvalue weighted by molar-refractivity contribution is 6.31. The van der Waals surface area contributed by atoms with Crippen LogP contribution in [0.2, 0.25) is 20.6 Å². The molecule has 0 radical (unpaired) electrons. The number of hydrogen-bond donors (Lipinski definition) is 1. The molecule has 0 spiro atoms. The van der Waals surface area contributed by atoms with Crippen molar-refractivity contribution in [2.45, 2.75) is 49.3 Å². The molecule has 6 aromatic heterocycles. The summed E-state index contributed by atoms with van der Waals surface area (Å²) in [7, 11) is 3.32. The molecule has 18 nitrogen and oxygen atoms in total. The monoisotopic (exact) mass is 928 g/mol. The van der Waals surface area contributed by atoms with Gasteiger partial charge in [0, 0.05) is 36.0 Å². The Morgan fingerprint density at radius 2 is 1.20 bits per heavy atom. The van der Waals surface area contributed by atoms with Gasteiger partial charge in [0.2, 0.25) is 22.3 Å². The lowest BCUT2D eigenvalue weighted by molar-refractivity contribution is 0.110. The Labute approximate surface area is 369 Å². The third kappa shape index (κ3) is 9.35. The predicted molar refractivity (Wildman–Crippen MR) is 224 cm³/mol. The number of fused-ring (bicyclic) bond motifs is 2. The summed E-state index contributed by atoms with van der Waals surface area (Å²) in [5.41, 5.74) is 3.03. The highest BCUT2D eigenvalue weighted by Crippen LogP contribution is 2.38. The molecule has 61 heavy (non-hydrogen) atoms. The lowest BCUT2D eigenvalue weighted by atomic mass is 10.0. The molecule has 0 aliphatic carbocycles. The van der Waals surface area contributed by atoms with E-state index in [-0.39, 0.29) is 58.2 Å². The maximum Gasteiger partial charge on any atom is 0.280 e. The van der Waals surface area contributed by atoms with Gasteiger partial charge < -0.3 is 32.6 Å². The third-order valence-electron chi connectivity index (χ3n) is 10.0. The molecule has 2 fully saturated rings. The number of ether oxygens (including phenoxy) is 2. The lowest BCUT2D eigenvalue weighted by Crippen LogP contribution is -2.22. The van der Waals surface area contributed by atoms with Crippen LogP contribution in [-0.2, 0) is 36.0 Å². The molecule has 0 saturated carbocycles. The first-order valence-corrected chi connectivity index (χ1v) is 20.6. The van der Waals surface area contributed by atoms with Crippen LogP contribution in [0.3, 0.4) is 0 Å². The van der Waals surface area contributed by atoms with Crippen molar-refractivity contribution in [3.05, 3.63) is 137 Å². The van der Waals surface area contributed by atoms with Crippen molar-refractivity contribution in [3.8, 4) is 0 Å². The molecule has 0 bridgehead atoms. The van der Waals surface area contributed by atoms with E-state index >= 15 is 0 Å². The number of hydrogen-bond acceptors (Lipinski definition) is 14. The van der Waals surface area contributed by atoms with Crippen molar-refractivity contribution in [2.75, 3.05) is 13.2 Å². The highest BCUT2D eigenvalue weighted by Gasteiger charge is 2.32. The molecule has 1 N–H and O–H groups in total. The molecular formula is C38H33Cl5N12O6. The molecule has 0 amide bonds. The topological polar surface area (TPSA) is 213 Å². The highest BCUT2D eigenvalue weighted by atomic mass is 35.5. The molecule has 0 unspecified atom stereocenters. The fourth-order valence-electron chi connectivity index (χ4n) is 6.80. The van der Waals surface area contributed by atoms with Gasteiger partial charge in [-0.1, -0.05) is 57.8 Å². The standard InChI is InChI=1S/C19H16Cl2N6O3.C13H12Cl2N2O2.C6H5ClN4O/c1-26-15-17(24-19(26)21)22-9-27(18(15)28)7-14-23-16(25-30-14)11-6-13(29-8-11)10-2-4-12(20)5-3-10;14-6-12-16-13(17-19-12)9-5-11(18-7-9)8-1-3-10(15)4-2-8;1-11-3-4(10-6(11)7)8-2-9-5(3)12/h2-5,9,11,13H,6-8H2,1H3;1-4,9,11H,5-7H2;2H,1H3,(H,8,9,12)/t11-,13+;9-,11+;/m00./s1. The van der Waals surface area contributed by atoms with E-state index in [0.29, 0.717) is 64.0 Å². The van der Waals surface area contributed by atoms with Gasteiger partial charge in [0.25, 0.3) is 11.1 Å². The zero-order valence-corrected chi connectivity index (χ0v) is 35.9. The first-order valence-electron chi connectivity index (χ1n) is 18.5. The van der Waals surface area contributed by atoms with Crippen LogP contribution in [0.15, 0.2) is 79.8 Å². The van der Waals surface area contributed by atoms with Gasteiger partial charge in [-0.15, -0.1) is 11.6 Å². The van der Waals surface area contributed by atoms with Gasteiger partial charge >= 0.3 is 0 Å². The Kier molecular flexibility index (Phi) is 12.8. The Bertz CT molecular complexity index is 2910. The van der Waals surface area contributed by atoms with Crippen molar-refractivity contribution in [1.29, 1.82) is 0 Å². The van der Waals surface area contributed by atoms with E-state index in [9.17, 15) is 9.59 Å². The number of nitrogens with one attached hydrogen (secondary N) is 1. The fraction of sp³-hybridized carbons (Fsp3) is 0.316. The van der Waals surface area contributed by atoms with Crippen LogP contribution in [-0.4, -0.2) is 72.1 Å². The van der Waals surface area contributed by atoms with Crippen LogP contribution < -0.4 is 11.1 Å². The number of halogens is 5. The van der Waals surface area contributed by atoms with Crippen molar-refractivity contribution < 1.29 is 18.5 Å². The number of aryl methyl sites for hydroxylation is 2. The van der Waals surface area contributed by atoms with E-state index in [4.69, 9.17) is 76.5 Å². The first kappa shape index (κ1) is 42.5. The van der Waals surface area contributed by atoms with E-state index in [0.717, 1.165) is 29.0 Å². The summed E-state index contributed by atoms with van der Waals surface area (Å²) >= 11 is 29.1. The van der Waals surface area contributed by atoms with Crippen LogP contribution in [0.1, 0.15) is 71.4 Å². The van der Waals surface area contributed by atoms with E-state index in [1.54, 1.807) is 14.1 Å². The minimum atomic E-state index is -0.284. The first-order chi connectivity index (χ1) is 29.4. The molecule has 2 aliphatic rings. The maximum atomic E-state index is 12.7. The Balaban J connectivity index is 0.000000141. The molecule has 8 aromatic rings. The zero-order valence-electron chi connectivity index (χ0n) is 32.1. The number of aromatic amines is 1. The lowest BCUT2D eigenvalue weighted by Gasteiger charge is -2.09. The fourth-order valence-corrected chi connectivity index (χ4v) is 7.49. The summed E-state index contributed by atoms with van der Waals surface area (Å²) in [5, 5.41) is 9.90. The maximum absolute atomic E-state index is 12.7. The minimum absolute atomic E-state index is 0.0105. The molecule has 4 atom stereocenters. The summed E-state index contributed by atoms with van der Waals surface area (Å²) < 4.78 is 26.5. The largest absolute Gasteiger partial charge is 0.373 e. The number of alkyl halides is 1. The van der Waals surface area contributed by atoms with E-state index in [1.807, 2.05) is 48.5 Å². The van der Waals surface area contributed by atoms with E-state index < -0.39 is 0 Å². The molecule has 2 aromatic carbocycles. The SMILES string of the molecule is ClCc1nc([C@@H]2CO[C@@H](c3ccc(Cl)cc3)C2)no1.Cn1c(Cl)nc2nc[nH]c(=O)c21.Cn1c(Cl)nc2ncn(Cc3nc([C@@H]4CO[C@@H](c5ccc(Cl)cc5)C4)no3)c(=O)c21. The van der Waals surface area contributed by atoms with Gasteiger partial charge in [0.05, 0.1) is 31.7 Å². The summed E-state index contributed by atoms with van der Waals surface area (Å²) in [6.07, 6.45) is 4.28. The molecule has 10 rings (SSSR count). The molecule has 2 saturated heterocycles. The third-order valence-corrected chi connectivity index (χ3v) is 11.4. The van der Waals surface area contributed by atoms with E-state index in [2.05, 4.69) is 45.2 Å². The van der Waals surface area contributed by atoms with Gasteiger partial charge in [-0.3, -0.25) is 14.2 Å². The molecule has 23 heteroatoms. The van der Waals surface area contributed by atoms with Crippen molar-refractivity contribution in [2.24, 2.45) is 14.1 Å². The number of H-pyrrole nitrogens is 1. The summed E-state index contributed by atoms with van der Waals surface area (Å²) in [5.74, 6) is 2.40. The number of aromatic nitrogens is 12. The average molecular weight is 931 g/mol. The number of imidazole rings is 2. The normalized spacial score (nSPS) is 18.6. The summed E-state index contributed by atoms with van der Waals surface area (Å²) in [4.78, 5) is 51.0. The summed E-state index contributed by atoms with van der Waals surface area (Å²) in [6, 6.07) is 15.3. The van der Waals surface area contributed by atoms with Crippen LogP contribution in [0.5, 0.6) is 0 Å². The predicted octanol–water partition coefficient (Wildman–Crippen LogP) is 7.13. The number of rotatable bonds is 7. The summed E-state index contributed by atoms with van der Waals surface area (Å²) in [6.45, 7) is 1.19. The van der Waals surface area contributed by atoms with Gasteiger partial charge in [0.1, 0.15) is 18.8 Å². The van der Waals surface area contributed by atoms with Crippen LogP contribution in [0, 0.1) is 0 Å². The molecular weight excluding hydrogens is 898 g/mol. The quantitative estimate of drug-likeness (QED) is 0.124. The van der Waals surface area contributed by atoms with Crippen molar-refractivity contribution in [1.82, 2.24) is 58.9 Å². The van der Waals surface area contributed by atoms with Gasteiger partial charge in [0.15, 0.2) is 34.0 Å². The van der Waals surface area contributed by atoms with Crippen molar-refractivity contribution >= 4 is 80.3 Å².